The van der Waals surface area contributed by atoms with Gasteiger partial charge in [-0.2, -0.15) is 0 Å². The topological polar surface area (TPSA) is 90.5 Å². The third-order valence-electron chi connectivity index (χ3n) is 3.52. The van der Waals surface area contributed by atoms with Gasteiger partial charge in [0, 0.05) is 0 Å². The summed E-state index contributed by atoms with van der Waals surface area (Å²) in [6.07, 6.45) is -1.06. The lowest BCUT2D eigenvalue weighted by Gasteiger charge is -2.28. The monoisotopic (exact) mass is 459 g/mol. The number of hydrogen-bond acceptors (Lipinski definition) is 3. The normalized spacial score (nSPS) is 12.0. The number of para-hydroxylation sites is 1. The van der Waals surface area contributed by atoms with Crippen LogP contribution < -0.4 is 16.0 Å². The minimum atomic E-state index is -1.91. The summed E-state index contributed by atoms with van der Waals surface area (Å²) in [4.78, 5) is 23.6. The predicted molar refractivity (Wildman–Crippen MR) is 115 cm³/mol. The predicted octanol–water partition coefficient (Wildman–Crippen LogP) is 3.73. The second-order valence-corrected chi connectivity index (χ2v) is 8.43. The summed E-state index contributed by atoms with van der Waals surface area (Å²) in [6, 6.07) is 15.2. The molecule has 2 aromatic carbocycles. The molecule has 0 aliphatic heterocycles. The Hall–Kier alpha value is -2.06. The van der Waals surface area contributed by atoms with Crippen LogP contribution in [-0.4, -0.2) is 32.1 Å². The highest BCUT2D eigenvalue weighted by molar-refractivity contribution is 7.80. The van der Waals surface area contributed by atoms with Crippen molar-refractivity contribution >= 4 is 69.7 Å². The van der Waals surface area contributed by atoms with Crippen molar-refractivity contribution in [3.05, 3.63) is 65.7 Å². The van der Waals surface area contributed by atoms with Gasteiger partial charge in [0.05, 0.1) is 17.7 Å². The zero-order valence-electron chi connectivity index (χ0n) is 14.3. The molecule has 6 nitrogen and oxygen atoms in total. The lowest BCUT2D eigenvalue weighted by atomic mass is 10.1. The first-order valence-electron chi connectivity index (χ1n) is 7.96. The number of benzene rings is 2. The van der Waals surface area contributed by atoms with Gasteiger partial charge in [0.1, 0.15) is 6.17 Å². The molecule has 148 valence electrons. The number of aromatic carboxylic acids is 1. The molecule has 10 heteroatoms. The first-order chi connectivity index (χ1) is 13.2. The van der Waals surface area contributed by atoms with E-state index in [-0.39, 0.29) is 28.7 Å². The minimum Gasteiger partial charge on any atom is -0.478 e. The van der Waals surface area contributed by atoms with Gasteiger partial charge < -0.3 is 21.1 Å². The Morgan fingerprint density at radius 1 is 1.00 bits per heavy atom. The number of thiocarbonyl (C=S) groups is 1. The van der Waals surface area contributed by atoms with Crippen LogP contribution in [0.3, 0.4) is 0 Å². The summed E-state index contributed by atoms with van der Waals surface area (Å²) >= 11 is 23.0. The zero-order chi connectivity index (χ0) is 20.7. The van der Waals surface area contributed by atoms with Crippen LogP contribution in [0.2, 0.25) is 0 Å². The van der Waals surface area contributed by atoms with E-state index in [0.717, 1.165) is 5.56 Å². The number of nitrogens with one attached hydrogen (secondary N) is 3. The standard InChI is InChI=1S/C18H16Cl3N3O3S/c19-18(20,21)16(23-14(25)10-11-6-2-1-3-7-11)24-17(28)22-13-9-5-4-8-12(13)15(26)27/h1-9,16H,10H2,(H,23,25)(H,26,27)(H2,22,24,28)/t16-/m1/s1. The van der Waals surface area contributed by atoms with Crippen molar-refractivity contribution < 1.29 is 14.7 Å². The second kappa shape index (κ2) is 9.93. The summed E-state index contributed by atoms with van der Waals surface area (Å²) in [5.74, 6) is -1.51. The van der Waals surface area contributed by atoms with Crippen molar-refractivity contribution in [1.82, 2.24) is 10.6 Å². The fraction of sp³-hybridized carbons (Fsp3) is 0.167. The van der Waals surface area contributed by atoms with Crippen molar-refractivity contribution in [3.63, 3.8) is 0 Å². The van der Waals surface area contributed by atoms with Crippen molar-refractivity contribution in [1.29, 1.82) is 0 Å². The van der Waals surface area contributed by atoms with Gasteiger partial charge in [0.25, 0.3) is 0 Å². The molecule has 1 atom stereocenters. The van der Waals surface area contributed by atoms with Crippen LogP contribution in [-0.2, 0) is 11.2 Å². The molecular weight excluding hydrogens is 445 g/mol. The van der Waals surface area contributed by atoms with E-state index in [1.54, 1.807) is 24.3 Å². The maximum atomic E-state index is 12.3. The third kappa shape index (κ3) is 6.83. The number of amides is 1. The Labute approximate surface area is 182 Å². The molecule has 4 N–H and O–H groups in total. The number of rotatable bonds is 6. The number of alkyl halides is 3. The highest BCUT2D eigenvalue weighted by atomic mass is 35.6. The van der Waals surface area contributed by atoms with Gasteiger partial charge in [-0.1, -0.05) is 77.3 Å². The zero-order valence-corrected chi connectivity index (χ0v) is 17.4. The summed E-state index contributed by atoms with van der Waals surface area (Å²) < 4.78 is -1.91. The third-order valence-corrected chi connectivity index (χ3v) is 4.40. The molecule has 2 rings (SSSR count). The lowest BCUT2D eigenvalue weighted by Crippen LogP contribution is -2.56. The summed E-state index contributed by atoms with van der Waals surface area (Å²) in [7, 11) is 0. The number of carboxylic acid groups (broad SMARTS) is 1. The van der Waals surface area contributed by atoms with Crippen LogP contribution >= 0.6 is 47.0 Å². The molecule has 0 spiro atoms. The summed E-state index contributed by atoms with van der Waals surface area (Å²) in [5.41, 5.74) is 1.07. The van der Waals surface area contributed by atoms with Gasteiger partial charge in [-0.05, 0) is 29.9 Å². The van der Waals surface area contributed by atoms with Gasteiger partial charge in [0.15, 0.2) is 5.11 Å². The average molecular weight is 461 g/mol. The molecule has 0 saturated carbocycles. The molecule has 1 amide bonds. The first kappa shape index (κ1) is 22.2. The van der Waals surface area contributed by atoms with Crippen LogP contribution in [0.1, 0.15) is 15.9 Å². The number of carboxylic acids is 1. The Kier molecular flexibility index (Phi) is 7.88. The van der Waals surface area contributed by atoms with E-state index in [0.29, 0.717) is 0 Å². The molecule has 0 aromatic heterocycles. The number of anilines is 1. The molecule has 0 bridgehead atoms. The van der Waals surface area contributed by atoms with Crippen LogP contribution in [0.5, 0.6) is 0 Å². The molecule has 0 unspecified atom stereocenters. The van der Waals surface area contributed by atoms with E-state index in [4.69, 9.17) is 47.0 Å². The summed E-state index contributed by atoms with van der Waals surface area (Å²) in [5, 5.41) is 17.2. The maximum absolute atomic E-state index is 12.3. The number of halogens is 3. The maximum Gasteiger partial charge on any atom is 0.337 e. The van der Waals surface area contributed by atoms with E-state index < -0.39 is 15.9 Å². The van der Waals surface area contributed by atoms with Crippen molar-refractivity contribution in [3.8, 4) is 0 Å². The van der Waals surface area contributed by atoms with Crippen molar-refractivity contribution in [2.45, 2.75) is 16.4 Å². The van der Waals surface area contributed by atoms with E-state index in [9.17, 15) is 14.7 Å². The van der Waals surface area contributed by atoms with Crippen molar-refractivity contribution in [2.24, 2.45) is 0 Å². The smallest absolute Gasteiger partial charge is 0.337 e. The number of hydrogen-bond donors (Lipinski definition) is 4. The Balaban J connectivity index is 2.05. The minimum absolute atomic E-state index is 0.0187. The quantitative estimate of drug-likeness (QED) is 0.298. The fourth-order valence-electron chi connectivity index (χ4n) is 2.26. The molecule has 0 fully saturated rings. The number of carbonyl (C=O) groups is 2. The molecule has 28 heavy (non-hydrogen) atoms. The van der Waals surface area contributed by atoms with E-state index >= 15 is 0 Å². The molecular formula is C18H16Cl3N3O3S. The van der Waals surface area contributed by atoms with Crippen LogP contribution in [0.25, 0.3) is 0 Å². The first-order valence-corrected chi connectivity index (χ1v) is 9.51. The second-order valence-electron chi connectivity index (χ2n) is 5.65. The Morgan fingerprint density at radius 3 is 2.21 bits per heavy atom. The SMILES string of the molecule is O=C(Cc1ccccc1)N[C@H](NC(=S)Nc1ccccc1C(=O)O)C(Cl)(Cl)Cl. The van der Waals surface area contributed by atoms with Gasteiger partial charge in [0.2, 0.25) is 9.70 Å². The lowest BCUT2D eigenvalue weighted by molar-refractivity contribution is -0.121. The highest BCUT2D eigenvalue weighted by Gasteiger charge is 2.34. The average Bonchev–Trinajstić information content (AvgIpc) is 2.61. The van der Waals surface area contributed by atoms with Gasteiger partial charge in [-0.25, -0.2) is 4.79 Å². The van der Waals surface area contributed by atoms with Crippen LogP contribution in [0.15, 0.2) is 54.6 Å². The Bertz CT molecular complexity index is 860. The largest absolute Gasteiger partial charge is 0.478 e. The van der Waals surface area contributed by atoms with E-state index in [2.05, 4.69) is 16.0 Å². The highest BCUT2D eigenvalue weighted by Crippen LogP contribution is 2.29. The van der Waals surface area contributed by atoms with Crippen molar-refractivity contribution in [2.75, 3.05) is 5.32 Å². The molecule has 0 heterocycles. The van der Waals surface area contributed by atoms with Gasteiger partial charge in [-0.3, -0.25) is 4.79 Å². The Morgan fingerprint density at radius 2 is 1.61 bits per heavy atom. The fourth-order valence-corrected chi connectivity index (χ4v) is 2.82. The summed E-state index contributed by atoms with van der Waals surface area (Å²) in [6.45, 7) is 0. The van der Waals surface area contributed by atoms with Gasteiger partial charge in [-0.15, -0.1) is 0 Å². The van der Waals surface area contributed by atoms with E-state index in [1.807, 2.05) is 18.2 Å². The molecule has 0 saturated heterocycles. The molecule has 0 radical (unpaired) electrons. The van der Waals surface area contributed by atoms with Crippen LogP contribution in [0.4, 0.5) is 5.69 Å². The molecule has 2 aromatic rings. The van der Waals surface area contributed by atoms with Gasteiger partial charge >= 0.3 is 5.97 Å². The van der Waals surface area contributed by atoms with Crippen LogP contribution in [0, 0.1) is 0 Å². The van der Waals surface area contributed by atoms with E-state index in [1.165, 1.54) is 12.1 Å². The molecule has 0 aliphatic carbocycles. The molecule has 0 aliphatic rings. The number of carbonyl (C=O) groups excluding carboxylic acids is 1.